The lowest BCUT2D eigenvalue weighted by molar-refractivity contribution is -0.132. The van der Waals surface area contributed by atoms with Gasteiger partial charge in [0.15, 0.2) is 0 Å². The van der Waals surface area contributed by atoms with E-state index in [0.29, 0.717) is 19.5 Å². The molecule has 23 heavy (non-hydrogen) atoms. The second-order valence-electron chi connectivity index (χ2n) is 6.26. The van der Waals surface area contributed by atoms with Crippen molar-refractivity contribution in [3.05, 3.63) is 36.2 Å². The summed E-state index contributed by atoms with van der Waals surface area (Å²) in [6.45, 7) is 2.84. The van der Waals surface area contributed by atoms with Crippen molar-refractivity contribution in [2.75, 3.05) is 33.2 Å². The fraction of sp³-hybridized carbons (Fsp3) is 0.471. The molecular formula is C17H22N4O2. The molecule has 0 saturated carbocycles. The van der Waals surface area contributed by atoms with Crippen LogP contribution in [0.2, 0.25) is 0 Å². The molecule has 0 bridgehead atoms. The molecule has 1 aromatic rings. The summed E-state index contributed by atoms with van der Waals surface area (Å²) in [5, 5.41) is 2.88. The SMILES string of the molecule is CN1CC(N2CC(C(=O)NC/C=C/c3cccnc3)CC2=O)C1. The number of nitrogens with zero attached hydrogens (tertiary/aromatic N) is 3. The van der Waals surface area contributed by atoms with Crippen molar-refractivity contribution in [1.29, 1.82) is 0 Å². The Labute approximate surface area is 136 Å². The van der Waals surface area contributed by atoms with Crippen LogP contribution in [-0.4, -0.2) is 65.9 Å². The number of nitrogens with one attached hydrogen (secondary N) is 1. The van der Waals surface area contributed by atoms with E-state index in [0.717, 1.165) is 18.7 Å². The van der Waals surface area contributed by atoms with Crippen molar-refractivity contribution in [2.24, 2.45) is 5.92 Å². The monoisotopic (exact) mass is 314 g/mol. The largest absolute Gasteiger partial charge is 0.352 e. The van der Waals surface area contributed by atoms with Crippen molar-refractivity contribution >= 4 is 17.9 Å². The van der Waals surface area contributed by atoms with E-state index < -0.39 is 0 Å². The highest BCUT2D eigenvalue weighted by molar-refractivity contribution is 5.89. The van der Waals surface area contributed by atoms with Gasteiger partial charge in [-0.1, -0.05) is 18.2 Å². The minimum atomic E-state index is -0.222. The molecule has 2 amide bonds. The highest BCUT2D eigenvalue weighted by Gasteiger charge is 2.41. The van der Waals surface area contributed by atoms with Crippen LogP contribution in [0.15, 0.2) is 30.6 Å². The van der Waals surface area contributed by atoms with Gasteiger partial charge in [-0.2, -0.15) is 0 Å². The van der Waals surface area contributed by atoms with Crippen LogP contribution in [0.5, 0.6) is 0 Å². The molecule has 0 aliphatic carbocycles. The molecule has 1 atom stereocenters. The van der Waals surface area contributed by atoms with E-state index in [-0.39, 0.29) is 23.8 Å². The van der Waals surface area contributed by atoms with Crippen LogP contribution < -0.4 is 5.32 Å². The minimum absolute atomic E-state index is 0.0376. The first-order chi connectivity index (χ1) is 11.1. The Balaban J connectivity index is 1.44. The summed E-state index contributed by atoms with van der Waals surface area (Å²) in [6.07, 6.45) is 7.63. The highest BCUT2D eigenvalue weighted by atomic mass is 16.2. The Hall–Kier alpha value is -2.21. The van der Waals surface area contributed by atoms with Crippen LogP contribution in [0.25, 0.3) is 6.08 Å². The molecule has 3 rings (SSSR count). The van der Waals surface area contributed by atoms with E-state index in [9.17, 15) is 9.59 Å². The molecule has 1 unspecified atom stereocenters. The molecule has 0 radical (unpaired) electrons. The number of pyridine rings is 1. The number of likely N-dealkylation sites (tertiary alicyclic amines) is 2. The number of carbonyl (C=O) groups is 2. The molecule has 6 heteroatoms. The normalized spacial score (nSPS) is 22.6. The van der Waals surface area contributed by atoms with Crippen molar-refractivity contribution in [3.63, 3.8) is 0 Å². The number of amides is 2. The molecular weight excluding hydrogens is 292 g/mol. The standard InChI is InChI=1S/C17H22N4O2/c1-20-11-15(12-20)21-10-14(8-16(21)22)17(23)19-7-3-5-13-4-2-6-18-9-13/h2-6,9,14-15H,7-8,10-12H2,1H3,(H,19,23)/b5-3+. The Morgan fingerprint density at radius 1 is 1.43 bits per heavy atom. The minimum Gasteiger partial charge on any atom is -0.352 e. The van der Waals surface area contributed by atoms with Gasteiger partial charge in [-0.25, -0.2) is 0 Å². The third-order valence-electron chi connectivity index (χ3n) is 4.40. The number of hydrogen-bond acceptors (Lipinski definition) is 4. The van der Waals surface area contributed by atoms with Crippen LogP contribution in [0.3, 0.4) is 0 Å². The fourth-order valence-corrected chi connectivity index (χ4v) is 3.10. The fourth-order valence-electron chi connectivity index (χ4n) is 3.10. The van der Waals surface area contributed by atoms with E-state index in [1.807, 2.05) is 36.2 Å². The second-order valence-corrected chi connectivity index (χ2v) is 6.26. The molecule has 0 spiro atoms. The molecule has 2 saturated heterocycles. The Morgan fingerprint density at radius 3 is 2.96 bits per heavy atom. The summed E-state index contributed by atoms with van der Waals surface area (Å²) in [7, 11) is 2.04. The van der Waals surface area contributed by atoms with Crippen LogP contribution in [0.4, 0.5) is 0 Å². The maximum Gasteiger partial charge on any atom is 0.225 e. The van der Waals surface area contributed by atoms with Gasteiger partial charge in [0, 0.05) is 45.0 Å². The number of rotatable bonds is 5. The molecule has 0 aromatic carbocycles. The lowest BCUT2D eigenvalue weighted by Gasteiger charge is -2.42. The maximum atomic E-state index is 12.2. The zero-order valence-corrected chi connectivity index (χ0v) is 13.3. The van der Waals surface area contributed by atoms with Crippen molar-refractivity contribution < 1.29 is 9.59 Å². The van der Waals surface area contributed by atoms with E-state index in [1.165, 1.54) is 0 Å². The average molecular weight is 314 g/mol. The zero-order chi connectivity index (χ0) is 16.2. The van der Waals surface area contributed by atoms with Crippen molar-refractivity contribution in [1.82, 2.24) is 20.1 Å². The molecule has 1 aromatic heterocycles. The summed E-state index contributed by atoms with van der Waals surface area (Å²) >= 11 is 0. The van der Waals surface area contributed by atoms with Crippen LogP contribution in [0.1, 0.15) is 12.0 Å². The van der Waals surface area contributed by atoms with Crippen LogP contribution in [0, 0.1) is 5.92 Å². The third kappa shape index (κ3) is 3.76. The third-order valence-corrected chi connectivity index (χ3v) is 4.40. The molecule has 122 valence electrons. The average Bonchev–Trinajstić information content (AvgIpc) is 2.91. The number of carbonyl (C=O) groups excluding carboxylic acids is 2. The summed E-state index contributed by atoms with van der Waals surface area (Å²) < 4.78 is 0. The molecule has 2 aliphatic rings. The zero-order valence-electron chi connectivity index (χ0n) is 13.3. The lowest BCUT2D eigenvalue weighted by atomic mass is 10.1. The van der Waals surface area contributed by atoms with Gasteiger partial charge < -0.3 is 15.1 Å². The number of likely N-dealkylation sites (N-methyl/N-ethyl adjacent to an activating group) is 1. The van der Waals surface area contributed by atoms with Gasteiger partial charge in [-0.3, -0.25) is 14.6 Å². The van der Waals surface area contributed by atoms with Gasteiger partial charge in [0.2, 0.25) is 11.8 Å². The van der Waals surface area contributed by atoms with Gasteiger partial charge in [-0.15, -0.1) is 0 Å². The number of aromatic nitrogens is 1. The van der Waals surface area contributed by atoms with E-state index in [4.69, 9.17) is 0 Å². The van der Waals surface area contributed by atoms with Crippen LogP contribution >= 0.6 is 0 Å². The van der Waals surface area contributed by atoms with Gasteiger partial charge in [-0.05, 0) is 18.7 Å². The predicted molar refractivity (Wildman–Crippen MR) is 87.4 cm³/mol. The van der Waals surface area contributed by atoms with E-state index in [2.05, 4.69) is 15.2 Å². The molecule has 2 fully saturated rings. The van der Waals surface area contributed by atoms with Crippen molar-refractivity contribution in [2.45, 2.75) is 12.5 Å². The first-order valence-electron chi connectivity index (χ1n) is 7.96. The molecule has 2 aliphatic heterocycles. The summed E-state index contributed by atoms with van der Waals surface area (Å²) in [5.41, 5.74) is 0.998. The Morgan fingerprint density at radius 2 is 2.26 bits per heavy atom. The first-order valence-corrected chi connectivity index (χ1v) is 7.96. The van der Waals surface area contributed by atoms with E-state index in [1.54, 1.807) is 12.4 Å². The molecule has 3 heterocycles. The Bertz CT molecular complexity index is 596. The highest BCUT2D eigenvalue weighted by Crippen LogP contribution is 2.24. The van der Waals surface area contributed by atoms with Gasteiger partial charge in [0.25, 0.3) is 0 Å². The summed E-state index contributed by atoms with van der Waals surface area (Å²) in [6, 6.07) is 4.11. The second kappa shape index (κ2) is 6.91. The molecule has 6 nitrogen and oxygen atoms in total. The van der Waals surface area contributed by atoms with Crippen LogP contribution in [-0.2, 0) is 9.59 Å². The van der Waals surface area contributed by atoms with Crippen molar-refractivity contribution in [3.8, 4) is 0 Å². The summed E-state index contributed by atoms with van der Waals surface area (Å²) in [4.78, 5) is 32.3. The summed E-state index contributed by atoms with van der Waals surface area (Å²) in [5.74, 6) is -0.154. The first kappa shape index (κ1) is 15.7. The number of hydrogen-bond donors (Lipinski definition) is 1. The van der Waals surface area contributed by atoms with Gasteiger partial charge >= 0.3 is 0 Å². The van der Waals surface area contributed by atoms with E-state index >= 15 is 0 Å². The topological polar surface area (TPSA) is 65.5 Å². The predicted octanol–water partition coefficient (Wildman–Crippen LogP) is 0.373. The smallest absolute Gasteiger partial charge is 0.225 e. The quantitative estimate of drug-likeness (QED) is 0.853. The Kier molecular flexibility index (Phi) is 4.71. The maximum absolute atomic E-state index is 12.2. The van der Waals surface area contributed by atoms with Gasteiger partial charge in [0.1, 0.15) is 0 Å². The molecule has 1 N–H and O–H groups in total. The lowest BCUT2D eigenvalue weighted by Crippen LogP contribution is -2.58. The van der Waals surface area contributed by atoms with Gasteiger partial charge in [0.05, 0.1) is 12.0 Å².